The molecule has 2 nitrogen and oxygen atoms in total. The average molecular weight is 917 g/mol. The first-order valence-corrected chi connectivity index (χ1v) is 26.3. The van der Waals surface area contributed by atoms with Gasteiger partial charge in [-0.2, -0.15) is 0 Å². The number of rotatable bonds is 6. The fraction of sp³-hybridized carbons (Fsp3) is 0.217. The van der Waals surface area contributed by atoms with Crippen molar-refractivity contribution in [1.29, 1.82) is 0 Å². The van der Waals surface area contributed by atoms with Crippen molar-refractivity contribution in [2.24, 2.45) is 5.92 Å². The number of nitrogens with zero attached hydrogens (tertiary/aromatic N) is 2. The molecule has 6 aliphatic carbocycles. The van der Waals surface area contributed by atoms with Crippen LogP contribution in [0, 0.1) is 12.8 Å². The maximum atomic E-state index is 2.61. The van der Waals surface area contributed by atoms with E-state index in [1.165, 1.54) is 116 Å². The van der Waals surface area contributed by atoms with Gasteiger partial charge < -0.3 is 9.47 Å². The summed E-state index contributed by atoms with van der Waals surface area (Å²) in [7, 11) is 0. The molecule has 0 amide bonds. The maximum Gasteiger partial charge on any atom is 0.0537 e. The van der Waals surface area contributed by atoms with Crippen LogP contribution in [0.4, 0.5) is 11.4 Å². The molecular weight excluding hydrogens is 857 g/mol. The number of aryl methyl sites for hydroxylation is 2. The van der Waals surface area contributed by atoms with Gasteiger partial charge in [-0.1, -0.05) is 167 Å². The molecule has 0 aliphatic heterocycles. The fourth-order valence-corrected chi connectivity index (χ4v) is 14.1. The van der Waals surface area contributed by atoms with Gasteiger partial charge in [0, 0.05) is 45.2 Å². The first-order chi connectivity index (χ1) is 34.6. The molecule has 14 rings (SSSR count). The van der Waals surface area contributed by atoms with E-state index >= 15 is 0 Å². The molecule has 0 fully saturated rings. The van der Waals surface area contributed by atoms with E-state index in [1.54, 1.807) is 5.57 Å². The van der Waals surface area contributed by atoms with E-state index in [2.05, 4.69) is 232 Å². The molecule has 2 atom stereocenters. The Morgan fingerprint density at radius 1 is 0.620 bits per heavy atom. The smallest absolute Gasteiger partial charge is 0.0537 e. The van der Waals surface area contributed by atoms with Gasteiger partial charge in [0.05, 0.1) is 5.52 Å². The van der Waals surface area contributed by atoms with Crippen LogP contribution in [0.3, 0.4) is 0 Å². The third-order valence-corrected chi connectivity index (χ3v) is 17.5. The molecule has 0 N–H and O–H groups in total. The van der Waals surface area contributed by atoms with Gasteiger partial charge in [-0.25, -0.2) is 0 Å². The Bertz CT molecular complexity index is 3880. The topological polar surface area (TPSA) is 8.17 Å². The molecule has 2 unspecified atom stereocenters. The molecule has 71 heavy (non-hydrogen) atoms. The van der Waals surface area contributed by atoms with Crippen LogP contribution >= 0.6 is 0 Å². The molecule has 0 bridgehead atoms. The van der Waals surface area contributed by atoms with Crippen LogP contribution in [0.1, 0.15) is 110 Å². The lowest BCUT2D eigenvalue weighted by molar-refractivity contribution is 0.392. The van der Waals surface area contributed by atoms with Crippen molar-refractivity contribution < 1.29 is 0 Å². The highest BCUT2D eigenvalue weighted by Crippen LogP contribution is 2.56. The van der Waals surface area contributed by atoms with Crippen molar-refractivity contribution in [3.8, 4) is 16.8 Å². The number of hydrogen-bond acceptors (Lipinski definition) is 1. The number of allylic oxidation sites excluding steroid dienone is 8. The van der Waals surface area contributed by atoms with Crippen LogP contribution in [0.25, 0.3) is 67.9 Å². The van der Waals surface area contributed by atoms with Gasteiger partial charge in [-0.05, 0) is 194 Å². The molecule has 0 radical (unpaired) electrons. The van der Waals surface area contributed by atoms with E-state index in [4.69, 9.17) is 0 Å². The largest absolute Gasteiger partial charge is 0.311 e. The van der Waals surface area contributed by atoms with E-state index in [9.17, 15) is 0 Å². The number of para-hydroxylation sites is 2. The van der Waals surface area contributed by atoms with Gasteiger partial charge in [-0.15, -0.1) is 0 Å². The summed E-state index contributed by atoms with van der Waals surface area (Å²) >= 11 is 0. The van der Waals surface area contributed by atoms with Gasteiger partial charge in [0.15, 0.2) is 0 Å². The monoisotopic (exact) mass is 916 g/mol. The lowest BCUT2D eigenvalue weighted by atomic mass is 9.73. The van der Waals surface area contributed by atoms with Crippen molar-refractivity contribution in [3.05, 3.63) is 236 Å². The second-order valence-corrected chi connectivity index (χ2v) is 22.2. The van der Waals surface area contributed by atoms with Gasteiger partial charge >= 0.3 is 0 Å². The van der Waals surface area contributed by atoms with Gasteiger partial charge in [0.25, 0.3) is 0 Å². The van der Waals surface area contributed by atoms with E-state index in [0.29, 0.717) is 11.8 Å². The molecule has 0 saturated heterocycles. The third kappa shape index (κ3) is 6.32. The van der Waals surface area contributed by atoms with E-state index in [1.807, 2.05) is 0 Å². The number of fused-ring (bicyclic) bond motifs is 10. The Kier molecular flexibility index (Phi) is 9.44. The van der Waals surface area contributed by atoms with Crippen LogP contribution < -0.4 is 15.3 Å². The lowest BCUT2D eigenvalue weighted by Crippen LogP contribution is -2.33. The molecule has 0 saturated carbocycles. The zero-order valence-electron chi connectivity index (χ0n) is 41.7. The number of benzene rings is 7. The molecule has 1 heterocycles. The van der Waals surface area contributed by atoms with E-state index in [-0.39, 0.29) is 10.8 Å². The zero-order chi connectivity index (χ0) is 47.8. The lowest BCUT2D eigenvalue weighted by Gasteiger charge is -2.34. The van der Waals surface area contributed by atoms with Crippen molar-refractivity contribution >= 4 is 62.4 Å². The summed E-state index contributed by atoms with van der Waals surface area (Å²) in [5, 5.41) is 6.97. The van der Waals surface area contributed by atoms with Crippen molar-refractivity contribution in [1.82, 2.24) is 4.57 Å². The Labute approximate surface area is 418 Å². The van der Waals surface area contributed by atoms with Gasteiger partial charge in [0.2, 0.25) is 0 Å². The zero-order valence-corrected chi connectivity index (χ0v) is 41.7. The third-order valence-electron chi connectivity index (χ3n) is 17.5. The molecule has 0 spiro atoms. The molecule has 2 heteroatoms. The fourth-order valence-electron chi connectivity index (χ4n) is 14.1. The molecule has 346 valence electrons. The Balaban J connectivity index is 0.854. The SMILES string of the molecule is Cc1ccc2c(-c3ccc4c(c3)C(C)(C)C3C=C(N(c5ccccc5)c5ccc(-n6c7c(c8ccccc86)CCC=C7)cc5)C=CC43)c3c(c(C4=CC5=C(CC4)c4ccccc4C5(C)C)c2c1)=CCCC=3. The molecule has 7 aromatic carbocycles. The highest BCUT2D eigenvalue weighted by Gasteiger charge is 2.46. The van der Waals surface area contributed by atoms with Gasteiger partial charge in [0.1, 0.15) is 0 Å². The minimum absolute atomic E-state index is 0.0129. The van der Waals surface area contributed by atoms with Crippen LogP contribution in [-0.4, -0.2) is 4.57 Å². The minimum Gasteiger partial charge on any atom is -0.311 e. The van der Waals surface area contributed by atoms with Gasteiger partial charge in [-0.3, -0.25) is 0 Å². The van der Waals surface area contributed by atoms with E-state index in [0.717, 1.165) is 44.2 Å². The van der Waals surface area contributed by atoms with Crippen molar-refractivity contribution in [2.75, 3.05) is 4.90 Å². The first kappa shape index (κ1) is 42.5. The quantitative estimate of drug-likeness (QED) is 0.161. The van der Waals surface area contributed by atoms with E-state index < -0.39 is 0 Å². The summed E-state index contributed by atoms with van der Waals surface area (Å²) in [5.74, 6) is 0.597. The maximum absolute atomic E-state index is 2.61. The van der Waals surface area contributed by atoms with Crippen LogP contribution in [0.2, 0.25) is 0 Å². The van der Waals surface area contributed by atoms with Crippen LogP contribution in [0.15, 0.2) is 181 Å². The first-order valence-electron chi connectivity index (χ1n) is 26.3. The summed E-state index contributed by atoms with van der Waals surface area (Å²) in [6, 6.07) is 53.0. The Morgan fingerprint density at radius 3 is 2.23 bits per heavy atom. The Morgan fingerprint density at radius 2 is 1.38 bits per heavy atom. The second kappa shape index (κ2) is 15.8. The molecule has 8 aromatic rings. The highest BCUT2D eigenvalue weighted by atomic mass is 15.1. The molecule has 6 aliphatic rings. The predicted molar refractivity (Wildman–Crippen MR) is 301 cm³/mol. The molecular formula is C69H60N2. The summed E-state index contributed by atoms with van der Waals surface area (Å²) in [5.41, 5.74) is 24.6. The number of anilines is 2. The average Bonchev–Trinajstić information content (AvgIpc) is 3.95. The Hall–Kier alpha value is -7.42. The van der Waals surface area contributed by atoms with Crippen molar-refractivity contribution in [3.63, 3.8) is 0 Å². The van der Waals surface area contributed by atoms with Crippen LogP contribution in [0.5, 0.6) is 0 Å². The summed E-state index contributed by atoms with van der Waals surface area (Å²) in [6.07, 6.45) is 26.3. The minimum atomic E-state index is -0.105. The summed E-state index contributed by atoms with van der Waals surface area (Å²) in [4.78, 5) is 2.46. The standard InChI is InChI=1S/C69H60N2/c1-43-27-35-58-59(39-43)67(45-29-36-51-50-19-11-14-24-60(50)68(2,3)61(51)41-45)57-23-10-9-22-56(57)66(58)44-28-37-52-53-38-34-49(42-63(53)69(4,5)62(52)40-44)70(46-17-7-6-8-18-46)47-30-32-48(33-31-47)71-64-25-15-12-20-54(64)55-21-13-16-26-65(55)71/h6-8,11-12,14-20,22-28,30-35,37-42,53,63H,9-10,13,21,29,36H2,1-5H3. The van der Waals surface area contributed by atoms with Crippen LogP contribution in [-0.2, 0) is 17.3 Å². The number of aromatic nitrogens is 1. The van der Waals surface area contributed by atoms with Crippen molar-refractivity contribution in [2.45, 2.75) is 89.9 Å². The molecule has 1 aromatic heterocycles. The predicted octanol–water partition coefficient (Wildman–Crippen LogP) is 16.3. The second-order valence-electron chi connectivity index (χ2n) is 22.2. The normalized spacial score (nSPS) is 19.7. The highest BCUT2D eigenvalue weighted by molar-refractivity contribution is 6.05. The number of hydrogen-bond donors (Lipinski definition) is 0. The summed E-state index contributed by atoms with van der Waals surface area (Å²) in [6.45, 7) is 12.1. The summed E-state index contributed by atoms with van der Waals surface area (Å²) < 4.78 is 2.45.